The maximum atomic E-state index is 12.3. The van der Waals surface area contributed by atoms with E-state index < -0.39 is 0 Å². The molecular weight excluding hydrogens is 346 g/mol. The van der Waals surface area contributed by atoms with Crippen LogP contribution in [-0.2, 0) is 6.54 Å². The van der Waals surface area contributed by atoms with E-state index in [0.29, 0.717) is 17.7 Å². The second kappa shape index (κ2) is 7.25. The third-order valence-corrected chi connectivity index (χ3v) is 5.43. The Morgan fingerprint density at radius 1 is 1.04 bits per heavy atom. The summed E-state index contributed by atoms with van der Waals surface area (Å²) < 4.78 is 1.00. The van der Waals surface area contributed by atoms with Crippen LogP contribution in [0.5, 0.6) is 0 Å². The zero-order valence-corrected chi connectivity index (χ0v) is 15.1. The number of benzene rings is 2. The van der Waals surface area contributed by atoms with Gasteiger partial charge in [-0.1, -0.05) is 12.1 Å². The molecule has 1 aromatic heterocycles. The number of thiazole rings is 1. The van der Waals surface area contributed by atoms with E-state index in [1.54, 1.807) is 11.6 Å². The molecule has 1 N–H and O–H groups in total. The van der Waals surface area contributed by atoms with Crippen LogP contribution in [0.15, 0.2) is 48.0 Å². The summed E-state index contributed by atoms with van der Waals surface area (Å²) in [5.74, 6) is -0.0199. The van der Waals surface area contributed by atoms with Crippen molar-refractivity contribution in [2.45, 2.75) is 19.4 Å². The van der Waals surface area contributed by atoms with Gasteiger partial charge in [0.05, 0.1) is 15.7 Å². The highest BCUT2D eigenvalue weighted by molar-refractivity contribution is 7.16. The van der Waals surface area contributed by atoms with Gasteiger partial charge in [0.1, 0.15) is 0 Å². The fraction of sp³-hybridized carbons (Fsp3) is 0.250. The molecule has 4 rings (SSSR count). The molecule has 0 saturated carbocycles. The van der Waals surface area contributed by atoms with Crippen molar-refractivity contribution in [3.8, 4) is 0 Å². The number of nitrogens with one attached hydrogen (secondary N) is 1. The van der Waals surface area contributed by atoms with E-state index in [1.165, 1.54) is 11.3 Å². The average molecular weight is 365 g/mol. The van der Waals surface area contributed by atoms with Crippen molar-refractivity contribution in [1.29, 1.82) is 0 Å². The summed E-state index contributed by atoms with van der Waals surface area (Å²) in [4.78, 5) is 30.8. The van der Waals surface area contributed by atoms with Gasteiger partial charge in [0.15, 0.2) is 0 Å². The number of hydrogen-bond donors (Lipinski definition) is 1. The molecule has 1 fully saturated rings. The molecule has 0 spiro atoms. The van der Waals surface area contributed by atoms with Crippen LogP contribution in [0.25, 0.3) is 10.2 Å². The molecule has 26 heavy (non-hydrogen) atoms. The molecule has 0 unspecified atom stereocenters. The highest BCUT2D eigenvalue weighted by Gasteiger charge is 2.19. The van der Waals surface area contributed by atoms with Gasteiger partial charge in [0, 0.05) is 30.8 Å². The molecule has 1 aliphatic rings. The van der Waals surface area contributed by atoms with Crippen molar-refractivity contribution in [2.24, 2.45) is 0 Å². The molecule has 0 atom stereocenters. The number of fused-ring (bicyclic) bond motifs is 1. The Labute approximate surface area is 155 Å². The number of hydrogen-bond acceptors (Lipinski definition) is 4. The van der Waals surface area contributed by atoms with Crippen LogP contribution in [0.4, 0.5) is 0 Å². The lowest BCUT2D eigenvalue weighted by Gasteiger charge is -2.15. The number of carbonyl (C=O) groups excluding carboxylic acids is 2. The largest absolute Gasteiger partial charge is 0.348 e. The summed E-state index contributed by atoms with van der Waals surface area (Å²) in [6, 6.07) is 13.0. The zero-order chi connectivity index (χ0) is 17.9. The minimum atomic E-state index is -0.113. The standard InChI is InChI=1S/C20H19N3O2S/c24-19(16-7-8-17-18(11-16)26-13-22-17)21-12-14-3-5-15(6-4-14)20(25)23-9-1-2-10-23/h3-8,11,13H,1-2,9-10,12H2,(H,21,24). The molecule has 0 radical (unpaired) electrons. The van der Waals surface area contributed by atoms with E-state index in [9.17, 15) is 9.59 Å². The number of carbonyl (C=O) groups is 2. The first-order valence-corrected chi connectivity index (χ1v) is 9.58. The highest BCUT2D eigenvalue weighted by Crippen LogP contribution is 2.19. The lowest BCUT2D eigenvalue weighted by Crippen LogP contribution is -2.27. The van der Waals surface area contributed by atoms with E-state index >= 15 is 0 Å². The molecular formula is C20H19N3O2S. The Morgan fingerprint density at radius 3 is 2.54 bits per heavy atom. The second-order valence-corrected chi connectivity index (χ2v) is 7.30. The summed E-state index contributed by atoms with van der Waals surface area (Å²) >= 11 is 1.52. The first kappa shape index (κ1) is 16.7. The third-order valence-electron chi connectivity index (χ3n) is 4.64. The van der Waals surface area contributed by atoms with Gasteiger partial charge in [0.2, 0.25) is 0 Å². The van der Waals surface area contributed by atoms with Crippen molar-refractivity contribution in [1.82, 2.24) is 15.2 Å². The van der Waals surface area contributed by atoms with Crippen LogP contribution >= 0.6 is 11.3 Å². The quantitative estimate of drug-likeness (QED) is 0.770. The molecule has 2 amide bonds. The zero-order valence-electron chi connectivity index (χ0n) is 14.3. The first-order chi connectivity index (χ1) is 12.7. The van der Waals surface area contributed by atoms with Gasteiger partial charge in [-0.2, -0.15) is 0 Å². The van der Waals surface area contributed by atoms with Crippen LogP contribution in [0.2, 0.25) is 0 Å². The van der Waals surface area contributed by atoms with Gasteiger partial charge < -0.3 is 10.2 Å². The topological polar surface area (TPSA) is 62.3 Å². The van der Waals surface area contributed by atoms with Crippen molar-refractivity contribution in [3.05, 3.63) is 64.7 Å². The Morgan fingerprint density at radius 2 is 1.77 bits per heavy atom. The van der Waals surface area contributed by atoms with Crippen LogP contribution in [0, 0.1) is 0 Å². The summed E-state index contributed by atoms with van der Waals surface area (Å²) in [6.07, 6.45) is 2.17. The second-order valence-electron chi connectivity index (χ2n) is 6.41. The van der Waals surface area contributed by atoms with Crippen molar-refractivity contribution in [3.63, 3.8) is 0 Å². The molecule has 0 aliphatic carbocycles. The predicted octanol–water partition coefficient (Wildman–Crippen LogP) is 3.46. The molecule has 2 heterocycles. The first-order valence-electron chi connectivity index (χ1n) is 8.70. The molecule has 1 saturated heterocycles. The summed E-state index contributed by atoms with van der Waals surface area (Å²) in [5.41, 5.74) is 4.98. The van der Waals surface area contributed by atoms with Crippen molar-refractivity contribution < 1.29 is 9.59 Å². The van der Waals surface area contributed by atoms with E-state index in [2.05, 4.69) is 10.3 Å². The summed E-state index contributed by atoms with van der Waals surface area (Å²) in [6.45, 7) is 2.12. The van der Waals surface area contributed by atoms with Gasteiger partial charge >= 0.3 is 0 Å². The van der Waals surface area contributed by atoms with Crippen LogP contribution < -0.4 is 5.32 Å². The molecule has 2 aromatic carbocycles. The molecule has 132 valence electrons. The van der Waals surface area contributed by atoms with E-state index in [1.807, 2.05) is 41.3 Å². The normalized spacial score (nSPS) is 13.9. The van der Waals surface area contributed by atoms with Crippen LogP contribution in [0.1, 0.15) is 39.1 Å². The minimum Gasteiger partial charge on any atom is -0.348 e. The maximum Gasteiger partial charge on any atom is 0.253 e. The Bertz CT molecular complexity index is 943. The monoisotopic (exact) mass is 365 g/mol. The third kappa shape index (κ3) is 3.46. The molecule has 6 heteroatoms. The van der Waals surface area contributed by atoms with E-state index in [-0.39, 0.29) is 11.8 Å². The van der Waals surface area contributed by atoms with Crippen LogP contribution in [-0.4, -0.2) is 34.8 Å². The lowest BCUT2D eigenvalue weighted by atomic mass is 10.1. The number of nitrogens with zero attached hydrogens (tertiary/aromatic N) is 2. The SMILES string of the molecule is O=C(NCc1ccc(C(=O)N2CCCC2)cc1)c1ccc2ncsc2c1. The fourth-order valence-electron chi connectivity index (χ4n) is 3.15. The van der Waals surface area contributed by atoms with Gasteiger partial charge in [-0.25, -0.2) is 4.98 Å². The maximum absolute atomic E-state index is 12.3. The van der Waals surface area contributed by atoms with Gasteiger partial charge in [0.25, 0.3) is 11.8 Å². The number of aromatic nitrogens is 1. The number of rotatable bonds is 4. The Kier molecular flexibility index (Phi) is 4.67. The van der Waals surface area contributed by atoms with Gasteiger partial charge in [-0.15, -0.1) is 11.3 Å². The summed E-state index contributed by atoms with van der Waals surface area (Å²) in [5, 5.41) is 2.93. The Balaban J connectivity index is 1.38. The summed E-state index contributed by atoms with van der Waals surface area (Å²) in [7, 11) is 0. The smallest absolute Gasteiger partial charge is 0.253 e. The number of likely N-dealkylation sites (tertiary alicyclic amines) is 1. The molecule has 3 aromatic rings. The molecule has 1 aliphatic heterocycles. The van der Waals surface area contributed by atoms with E-state index in [0.717, 1.165) is 41.7 Å². The Hall–Kier alpha value is -2.73. The minimum absolute atomic E-state index is 0.0935. The predicted molar refractivity (Wildman–Crippen MR) is 102 cm³/mol. The number of amides is 2. The van der Waals surface area contributed by atoms with E-state index in [4.69, 9.17) is 0 Å². The van der Waals surface area contributed by atoms with Crippen molar-refractivity contribution >= 4 is 33.4 Å². The lowest BCUT2D eigenvalue weighted by molar-refractivity contribution is 0.0792. The highest BCUT2D eigenvalue weighted by atomic mass is 32.1. The van der Waals surface area contributed by atoms with Crippen LogP contribution in [0.3, 0.4) is 0 Å². The van der Waals surface area contributed by atoms with Crippen molar-refractivity contribution in [2.75, 3.05) is 13.1 Å². The molecule has 0 bridgehead atoms. The molecule has 5 nitrogen and oxygen atoms in total. The fourth-order valence-corrected chi connectivity index (χ4v) is 3.87. The van der Waals surface area contributed by atoms with Gasteiger partial charge in [-0.3, -0.25) is 9.59 Å². The van der Waals surface area contributed by atoms with Gasteiger partial charge in [-0.05, 0) is 48.7 Å². The average Bonchev–Trinajstić information content (AvgIpc) is 3.37.